The molecule has 1 aliphatic rings. The molecule has 0 spiro atoms. The number of halogens is 1. The van der Waals surface area contributed by atoms with Crippen LogP contribution in [-0.2, 0) is 11.2 Å². The predicted molar refractivity (Wildman–Crippen MR) is 102 cm³/mol. The van der Waals surface area contributed by atoms with Crippen LogP contribution in [0.1, 0.15) is 28.8 Å². The van der Waals surface area contributed by atoms with Gasteiger partial charge in [0.1, 0.15) is 11.5 Å². The molecule has 0 unspecified atom stereocenters. The monoisotopic (exact) mass is 388 g/mol. The second kappa shape index (κ2) is 8.77. The molecule has 3 N–H and O–H groups in total. The fourth-order valence-corrected chi connectivity index (χ4v) is 2.68. The van der Waals surface area contributed by atoms with Gasteiger partial charge < -0.3 is 20.5 Å². The van der Waals surface area contributed by atoms with Crippen LogP contribution < -0.4 is 15.4 Å². The Morgan fingerprint density at radius 2 is 1.89 bits per heavy atom. The summed E-state index contributed by atoms with van der Waals surface area (Å²) >= 11 is 5.85. The van der Waals surface area contributed by atoms with Gasteiger partial charge >= 0.3 is 0 Å². The highest BCUT2D eigenvalue weighted by molar-refractivity contribution is 6.31. The lowest BCUT2D eigenvalue weighted by Gasteiger charge is -2.09. The van der Waals surface area contributed by atoms with E-state index in [1.54, 1.807) is 12.1 Å². The first-order chi connectivity index (χ1) is 13.0. The number of benzene rings is 2. The summed E-state index contributed by atoms with van der Waals surface area (Å²) in [6, 6.07) is 12.0. The molecule has 0 bridgehead atoms. The summed E-state index contributed by atoms with van der Waals surface area (Å²) in [7, 11) is 0. The maximum absolute atomic E-state index is 12.1. The van der Waals surface area contributed by atoms with E-state index in [0.717, 1.165) is 18.4 Å². The number of hydrogen-bond donors (Lipinski definition) is 3. The van der Waals surface area contributed by atoms with Crippen LogP contribution in [0.3, 0.4) is 0 Å². The third-order valence-corrected chi connectivity index (χ3v) is 4.37. The third kappa shape index (κ3) is 5.89. The number of ether oxygens (including phenoxy) is 1. The summed E-state index contributed by atoms with van der Waals surface area (Å²) in [5.74, 6) is 0.0342. The molecule has 27 heavy (non-hydrogen) atoms. The van der Waals surface area contributed by atoms with Gasteiger partial charge in [0.2, 0.25) is 0 Å². The Morgan fingerprint density at radius 1 is 1.15 bits per heavy atom. The molecular weight excluding hydrogens is 368 g/mol. The predicted octanol–water partition coefficient (Wildman–Crippen LogP) is 2.68. The molecule has 2 aromatic rings. The van der Waals surface area contributed by atoms with Gasteiger partial charge in [-0.15, -0.1) is 0 Å². The first-order valence-electron chi connectivity index (χ1n) is 8.79. The molecule has 0 aromatic heterocycles. The third-order valence-electron chi connectivity index (χ3n) is 4.14. The molecule has 0 atom stereocenters. The number of phenolic OH excluding ortho intramolecular Hbond substituents is 1. The minimum absolute atomic E-state index is 0.00896. The van der Waals surface area contributed by atoms with E-state index < -0.39 is 0 Å². The van der Waals surface area contributed by atoms with Gasteiger partial charge in [0.05, 0.1) is 5.56 Å². The van der Waals surface area contributed by atoms with Crippen LogP contribution in [0.4, 0.5) is 0 Å². The van der Waals surface area contributed by atoms with Gasteiger partial charge in [-0.25, -0.2) is 0 Å². The molecule has 2 amide bonds. The maximum atomic E-state index is 12.1. The van der Waals surface area contributed by atoms with Crippen LogP contribution in [0.15, 0.2) is 42.5 Å². The topological polar surface area (TPSA) is 87.7 Å². The molecule has 1 saturated carbocycles. The summed E-state index contributed by atoms with van der Waals surface area (Å²) in [6.45, 7) is 0.420. The standard InChI is InChI=1S/C20H21ClN2O4/c21-14-3-8-18(24)17(11-14)20(26)22-10-9-13-1-6-16(7-2-13)27-12-19(25)23-15-4-5-15/h1-3,6-8,11,15,24H,4-5,9-10,12H2,(H,22,26)(H,23,25). The number of hydrogen-bond acceptors (Lipinski definition) is 4. The van der Waals surface area contributed by atoms with E-state index >= 15 is 0 Å². The molecule has 0 heterocycles. The maximum Gasteiger partial charge on any atom is 0.258 e. The minimum Gasteiger partial charge on any atom is -0.507 e. The first-order valence-corrected chi connectivity index (χ1v) is 9.17. The van der Waals surface area contributed by atoms with E-state index in [-0.39, 0.29) is 29.7 Å². The number of aromatic hydroxyl groups is 1. The van der Waals surface area contributed by atoms with E-state index in [2.05, 4.69) is 10.6 Å². The van der Waals surface area contributed by atoms with Crippen LogP contribution in [-0.4, -0.2) is 36.1 Å². The average molecular weight is 389 g/mol. The van der Waals surface area contributed by atoms with Crippen molar-refractivity contribution in [1.29, 1.82) is 0 Å². The molecule has 7 heteroatoms. The van der Waals surface area contributed by atoms with Gasteiger partial charge in [0.15, 0.2) is 6.61 Å². The Hall–Kier alpha value is -2.73. The van der Waals surface area contributed by atoms with Crippen molar-refractivity contribution in [2.24, 2.45) is 0 Å². The molecule has 0 aliphatic heterocycles. The molecule has 2 aromatic carbocycles. The van der Waals surface area contributed by atoms with Gasteiger partial charge in [0.25, 0.3) is 11.8 Å². The van der Waals surface area contributed by atoms with Crippen LogP contribution in [0.5, 0.6) is 11.5 Å². The highest BCUT2D eigenvalue weighted by Gasteiger charge is 2.23. The van der Waals surface area contributed by atoms with Crippen molar-refractivity contribution in [3.8, 4) is 11.5 Å². The molecule has 0 radical (unpaired) electrons. The Labute approximate surface area is 162 Å². The SMILES string of the molecule is O=C(COc1ccc(CCNC(=O)c2cc(Cl)ccc2O)cc1)NC1CC1. The zero-order chi connectivity index (χ0) is 19.2. The number of phenols is 1. The van der Waals surface area contributed by atoms with Crippen molar-refractivity contribution in [3.63, 3.8) is 0 Å². The molecule has 6 nitrogen and oxygen atoms in total. The van der Waals surface area contributed by atoms with Crippen LogP contribution >= 0.6 is 11.6 Å². The van der Waals surface area contributed by atoms with Crippen LogP contribution in [0, 0.1) is 0 Å². The highest BCUT2D eigenvalue weighted by atomic mass is 35.5. The lowest BCUT2D eigenvalue weighted by molar-refractivity contribution is -0.123. The second-order valence-corrected chi connectivity index (χ2v) is 6.88. The quantitative estimate of drug-likeness (QED) is 0.648. The summed E-state index contributed by atoms with van der Waals surface area (Å²) in [6.07, 6.45) is 2.72. The molecule has 142 valence electrons. The van der Waals surface area contributed by atoms with E-state index in [9.17, 15) is 14.7 Å². The number of amides is 2. The van der Waals surface area contributed by atoms with Crippen molar-refractivity contribution in [1.82, 2.24) is 10.6 Å². The highest BCUT2D eigenvalue weighted by Crippen LogP contribution is 2.21. The van der Waals surface area contributed by atoms with Gasteiger partial charge in [0, 0.05) is 17.6 Å². The van der Waals surface area contributed by atoms with Crippen molar-refractivity contribution in [3.05, 3.63) is 58.6 Å². The molecule has 3 rings (SSSR count). The number of rotatable bonds is 8. The van der Waals surface area contributed by atoms with Gasteiger partial charge in [-0.2, -0.15) is 0 Å². The summed E-state index contributed by atoms with van der Waals surface area (Å²) < 4.78 is 5.45. The summed E-state index contributed by atoms with van der Waals surface area (Å²) in [5, 5.41) is 15.7. The average Bonchev–Trinajstić information content (AvgIpc) is 3.47. The van der Waals surface area contributed by atoms with Crippen LogP contribution in [0.25, 0.3) is 0 Å². The van der Waals surface area contributed by atoms with E-state index in [0.29, 0.717) is 29.8 Å². The fraction of sp³-hybridized carbons (Fsp3) is 0.300. The first kappa shape index (κ1) is 19.0. The molecule has 1 fully saturated rings. The van der Waals surface area contributed by atoms with E-state index in [1.807, 2.05) is 12.1 Å². The minimum atomic E-state index is -0.378. The number of nitrogens with one attached hydrogen (secondary N) is 2. The smallest absolute Gasteiger partial charge is 0.258 e. The van der Waals surface area contributed by atoms with Gasteiger partial charge in [-0.3, -0.25) is 9.59 Å². The van der Waals surface area contributed by atoms with Crippen molar-refractivity contribution in [2.45, 2.75) is 25.3 Å². The number of carbonyl (C=O) groups excluding carboxylic acids is 2. The zero-order valence-corrected chi connectivity index (χ0v) is 15.5. The van der Waals surface area contributed by atoms with Crippen LogP contribution in [0.2, 0.25) is 5.02 Å². The second-order valence-electron chi connectivity index (χ2n) is 6.44. The zero-order valence-electron chi connectivity index (χ0n) is 14.7. The van der Waals surface area contributed by atoms with Crippen molar-refractivity contribution >= 4 is 23.4 Å². The Morgan fingerprint density at radius 3 is 2.59 bits per heavy atom. The fourth-order valence-electron chi connectivity index (χ4n) is 2.50. The number of carbonyl (C=O) groups is 2. The summed E-state index contributed by atoms with van der Waals surface area (Å²) in [4.78, 5) is 23.7. The summed E-state index contributed by atoms with van der Waals surface area (Å²) in [5.41, 5.74) is 1.16. The Bertz CT molecular complexity index is 819. The molecular formula is C20H21ClN2O4. The van der Waals surface area contributed by atoms with E-state index in [4.69, 9.17) is 16.3 Å². The van der Waals surface area contributed by atoms with E-state index in [1.165, 1.54) is 18.2 Å². The lowest BCUT2D eigenvalue weighted by atomic mass is 10.1. The largest absolute Gasteiger partial charge is 0.507 e. The Kier molecular flexibility index (Phi) is 6.19. The van der Waals surface area contributed by atoms with Crippen molar-refractivity contribution in [2.75, 3.05) is 13.2 Å². The van der Waals surface area contributed by atoms with Crippen molar-refractivity contribution < 1.29 is 19.4 Å². The van der Waals surface area contributed by atoms with Gasteiger partial charge in [-0.1, -0.05) is 23.7 Å². The lowest BCUT2D eigenvalue weighted by Crippen LogP contribution is -2.30. The normalized spacial score (nSPS) is 13.1. The molecule has 1 aliphatic carbocycles. The molecule has 0 saturated heterocycles. The van der Waals surface area contributed by atoms with Gasteiger partial charge in [-0.05, 0) is 55.2 Å². The Balaban J connectivity index is 1.42.